The van der Waals surface area contributed by atoms with Crippen molar-refractivity contribution in [3.8, 4) is 0 Å². The number of carbonyl (C=O) groups excluding carboxylic acids is 3. The van der Waals surface area contributed by atoms with E-state index in [0.717, 1.165) is 12.5 Å². The van der Waals surface area contributed by atoms with Crippen LogP contribution >= 0.6 is 0 Å². The maximum absolute atomic E-state index is 13.2. The van der Waals surface area contributed by atoms with E-state index in [-0.39, 0.29) is 12.1 Å². The Morgan fingerprint density at radius 2 is 2.07 bits per heavy atom. The third kappa shape index (κ3) is 4.78. The van der Waals surface area contributed by atoms with Gasteiger partial charge in [0, 0.05) is 30.9 Å². The number of nitrogens with two attached hydrogens (primary N) is 1. The summed E-state index contributed by atoms with van der Waals surface area (Å²) in [5, 5.41) is 2.53. The molecule has 1 aliphatic heterocycles. The molecule has 0 saturated carbocycles. The molecule has 0 spiro atoms. The predicted molar refractivity (Wildman–Crippen MR) is 99.8 cm³/mol. The smallest absolute Gasteiger partial charge is 0.326 e. The van der Waals surface area contributed by atoms with Crippen LogP contribution < -0.4 is 22.3 Å². The minimum absolute atomic E-state index is 0.0694. The van der Waals surface area contributed by atoms with Crippen LogP contribution in [0.15, 0.2) is 28.2 Å². The number of likely N-dealkylation sites (tertiary alicyclic amines) is 1. The molecule has 0 aromatic carbocycles. The third-order valence-corrected chi connectivity index (χ3v) is 4.70. The van der Waals surface area contributed by atoms with E-state index in [1.165, 1.54) is 17.4 Å². The zero-order valence-corrected chi connectivity index (χ0v) is 15.4. The molecular formula is C17H21N7O5. The number of piperidine rings is 1. The average Bonchev–Trinajstić information content (AvgIpc) is 3.19. The van der Waals surface area contributed by atoms with E-state index in [4.69, 9.17) is 5.73 Å². The highest BCUT2D eigenvalue weighted by Crippen LogP contribution is 2.18. The van der Waals surface area contributed by atoms with E-state index in [2.05, 4.69) is 20.3 Å². The summed E-state index contributed by atoms with van der Waals surface area (Å²) in [5.41, 5.74) is 4.14. The molecule has 12 heteroatoms. The van der Waals surface area contributed by atoms with Crippen LogP contribution in [-0.2, 0) is 16.0 Å². The molecule has 6 N–H and O–H groups in total. The Kier molecular flexibility index (Phi) is 5.90. The number of aromatic amines is 3. The topological polar surface area (TPSA) is 187 Å². The maximum atomic E-state index is 13.2. The van der Waals surface area contributed by atoms with Gasteiger partial charge in [0.05, 0.1) is 6.33 Å². The molecule has 2 aromatic rings. The van der Waals surface area contributed by atoms with Gasteiger partial charge in [-0.25, -0.2) is 9.78 Å². The van der Waals surface area contributed by atoms with Crippen LogP contribution in [0.2, 0.25) is 0 Å². The number of hydrogen-bond donors (Lipinski definition) is 5. The Bertz CT molecular complexity index is 981. The molecule has 2 aromatic heterocycles. The van der Waals surface area contributed by atoms with Crippen molar-refractivity contribution in [3.63, 3.8) is 0 Å². The van der Waals surface area contributed by atoms with Gasteiger partial charge in [-0.15, -0.1) is 0 Å². The number of nitrogens with zero attached hydrogens (tertiary/aromatic N) is 2. The summed E-state index contributed by atoms with van der Waals surface area (Å²) in [6.07, 6.45) is 4.93. The Labute approximate surface area is 163 Å². The number of amides is 3. The van der Waals surface area contributed by atoms with Crippen molar-refractivity contribution in [2.75, 3.05) is 6.54 Å². The van der Waals surface area contributed by atoms with Crippen LogP contribution in [0.4, 0.5) is 0 Å². The lowest BCUT2D eigenvalue weighted by molar-refractivity contribution is -0.142. The standard InChI is InChI=1S/C17H21N7O5/c18-14(26)12-3-1-2-4-24(12)16(28)11(5-9-7-19-8-20-9)21-15(27)10-6-13(25)23-17(29)22-10/h6-8,11-12H,1-5H2,(H2,18,26)(H,19,20)(H,21,27)(H2,22,23,25,29)/t11-,12?/m0/s1. The highest BCUT2D eigenvalue weighted by atomic mass is 16.2. The Morgan fingerprint density at radius 1 is 1.28 bits per heavy atom. The fourth-order valence-corrected chi connectivity index (χ4v) is 3.33. The first-order valence-electron chi connectivity index (χ1n) is 9.06. The lowest BCUT2D eigenvalue weighted by Crippen LogP contribution is -2.57. The SMILES string of the molecule is NC(=O)C1CCCCN1C(=O)[C@H](Cc1cnc[nH]1)NC(=O)c1cc(=O)[nH]c(=O)[nH]1. The number of H-pyrrole nitrogens is 3. The van der Waals surface area contributed by atoms with E-state index in [0.29, 0.717) is 25.1 Å². The molecule has 3 heterocycles. The van der Waals surface area contributed by atoms with E-state index in [9.17, 15) is 24.0 Å². The normalized spacial score (nSPS) is 17.5. The first-order valence-corrected chi connectivity index (χ1v) is 9.06. The first kappa shape index (κ1) is 20.0. The molecule has 2 atom stereocenters. The van der Waals surface area contributed by atoms with E-state index >= 15 is 0 Å². The van der Waals surface area contributed by atoms with Crippen molar-refractivity contribution in [2.24, 2.45) is 5.73 Å². The van der Waals surface area contributed by atoms with Gasteiger partial charge in [0.25, 0.3) is 11.5 Å². The molecule has 1 fully saturated rings. The van der Waals surface area contributed by atoms with E-state index in [1.807, 2.05) is 4.98 Å². The van der Waals surface area contributed by atoms with E-state index in [1.54, 1.807) is 0 Å². The number of primary amides is 1. The van der Waals surface area contributed by atoms with Gasteiger partial charge in [0.15, 0.2) is 0 Å². The van der Waals surface area contributed by atoms with Gasteiger partial charge < -0.3 is 25.9 Å². The minimum Gasteiger partial charge on any atom is -0.368 e. The van der Waals surface area contributed by atoms with Crippen molar-refractivity contribution < 1.29 is 14.4 Å². The van der Waals surface area contributed by atoms with Crippen molar-refractivity contribution in [1.29, 1.82) is 0 Å². The zero-order chi connectivity index (χ0) is 21.0. The van der Waals surface area contributed by atoms with Crippen LogP contribution in [0.1, 0.15) is 35.4 Å². The van der Waals surface area contributed by atoms with Gasteiger partial charge in [-0.3, -0.25) is 24.2 Å². The van der Waals surface area contributed by atoms with Gasteiger partial charge in [0.2, 0.25) is 11.8 Å². The van der Waals surface area contributed by atoms with Gasteiger partial charge in [-0.05, 0) is 19.3 Å². The lowest BCUT2D eigenvalue weighted by Gasteiger charge is -2.36. The molecule has 154 valence electrons. The number of nitrogens with one attached hydrogen (secondary N) is 4. The van der Waals surface area contributed by atoms with Gasteiger partial charge in [-0.2, -0.15) is 0 Å². The molecule has 29 heavy (non-hydrogen) atoms. The van der Waals surface area contributed by atoms with Gasteiger partial charge >= 0.3 is 5.69 Å². The number of hydrogen-bond acceptors (Lipinski definition) is 6. The van der Waals surface area contributed by atoms with Gasteiger partial charge in [-0.1, -0.05) is 0 Å². The predicted octanol–water partition coefficient (Wildman–Crippen LogP) is -2.01. The summed E-state index contributed by atoms with van der Waals surface area (Å²) in [5.74, 6) is -1.90. The summed E-state index contributed by atoms with van der Waals surface area (Å²) in [4.78, 5) is 72.7. The van der Waals surface area contributed by atoms with Crippen molar-refractivity contribution >= 4 is 17.7 Å². The summed E-state index contributed by atoms with van der Waals surface area (Å²) in [6, 6.07) is -0.899. The first-order chi connectivity index (χ1) is 13.8. The summed E-state index contributed by atoms with van der Waals surface area (Å²) >= 11 is 0. The molecule has 1 unspecified atom stereocenters. The summed E-state index contributed by atoms with van der Waals surface area (Å²) < 4.78 is 0. The number of rotatable bonds is 6. The van der Waals surface area contributed by atoms with Gasteiger partial charge in [0.1, 0.15) is 17.8 Å². The third-order valence-electron chi connectivity index (χ3n) is 4.70. The molecule has 1 aliphatic rings. The fraction of sp³-hybridized carbons (Fsp3) is 0.412. The quantitative estimate of drug-likeness (QED) is 0.371. The number of carbonyl (C=O) groups is 3. The van der Waals surface area contributed by atoms with Crippen LogP contribution in [0.25, 0.3) is 0 Å². The Balaban J connectivity index is 1.86. The Hall–Kier alpha value is -3.70. The average molecular weight is 403 g/mol. The molecule has 3 rings (SSSR count). The summed E-state index contributed by atoms with van der Waals surface area (Å²) in [6.45, 7) is 0.337. The van der Waals surface area contributed by atoms with Crippen molar-refractivity contribution in [2.45, 2.75) is 37.8 Å². The molecule has 1 saturated heterocycles. The number of imidazole rings is 1. The van der Waals surface area contributed by atoms with Crippen LogP contribution in [-0.4, -0.2) is 61.2 Å². The molecular weight excluding hydrogens is 382 g/mol. The van der Waals surface area contributed by atoms with Crippen LogP contribution in [0.3, 0.4) is 0 Å². The molecule has 0 radical (unpaired) electrons. The lowest BCUT2D eigenvalue weighted by atomic mass is 9.99. The van der Waals surface area contributed by atoms with Crippen molar-refractivity contribution in [3.05, 3.63) is 50.8 Å². The second-order valence-electron chi connectivity index (χ2n) is 6.75. The zero-order valence-electron chi connectivity index (χ0n) is 15.4. The largest absolute Gasteiger partial charge is 0.368 e. The van der Waals surface area contributed by atoms with Crippen LogP contribution in [0.5, 0.6) is 0 Å². The summed E-state index contributed by atoms with van der Waals surface area (Å²) in [7, 11) is 0. The van der Waals surface area contributed by atoms with Crippen molar-refractivity contribution in [1.82, 2.24) is 30.2 Å². The molecule has 0 bridgehead atoms. The number of aromatic nitrogens is 4. The molecule has 0 aliphatic carbocycles. The highest BCUT2D eigenvalue weighted by molar-refractivity contribution is 5.97. The minimum atomic E-state index is -1.06. The fourth-order valence-electron chi connectivity index (χ4n) is 3.33. The van der Waals surface area contributed by atoms with Crippen LogP contribution in [0, 0.1) is 0 Å². The van der Waals surface area contributed by atoms with E-state index < -0.39 is 41.1 Å². The highest BCUT2D eigenvalue weighted by Gasteiger charge is 2.35. The second kappa shape index (κ2) is 8.54. The Morgan fingerprint density at radius 3 is 2.72 bits per heavy atom. The maximum Gasteiger partial charge on any atom is 0.326 e. The second-order valence-corrected chi connectivity index (χ2v) is 6.75. The monoisotopic (exact) mass is 403 g/mol. The molecule has 12 nitrogen and oxygen atoms in total. The molecule has 3 amide bonds.